The quantitative estimate of drug-likeness (QED) is 0.837. The number of nitrogens with zero attached hydrogens (tertiary/aromatic N) is 3. The van der Waals surface area contributed by atoms with Crippen LogP contribution in [0.15, 0.2) is 35.4 Å². The maximum atomic E-state index is 12.0. The Labute approximate surface area is 103 Å². The zero-order chi connectivity index (χ0) is 12.3. The van der Waals surface area contributed by atoms with Crippen LogP contribution in [0.1, 0.15) is 16.1 Å². The van der Waals surface area contributed by atoms with Gasteiger partial charge in [0, 0.05) is 19.2 Å². The van der Waals surface area contributed by atoms with Gasteiger partial charge in [-0.1, -0.05) is 11.6 Å². The van der Waals surface area contributed by atoms with E-state index in [2.05, 4.69) is 9.97 Å². The summed E-state index contributed by atoms with van der Waals surface area (Å²) in [4.78, 5) is 21.2. The number of halogens is 1. The number of hydrogen-bond donors (Lipinski definition) is 0. The average Bonchev–Trinajstić information content (AvgIpc) is 2.80. The molecule has 0 unspecified atom stereocenters. The van der Waals surface area contributed by atoms with E-state index < -0.39 is 0 Å². The van der Waals surface area contributed by atoms with Gasteiger partial charge in [-0.2, -0.15) is 0 Å². The minimum absolute atomic E-state index is 0.201. The van der Waals surface area contributed by atoms with Crippen molar-refractivity contribution < 1.29 is 9.21 Å². The highest BCUT2D eigenvalue weighted by Gasteiger charge is 2.14. The van der Waals surface area contributed by atoms with Crippen LogP contribution in [0.5, 0.6) is 0 Å². The first kappa shape index (κ1) is 11.6. The summed E-state index contributed by atoms with van der Waals surface area (Å²) in [6, 6.07) is 1.80. The number of carbonyl (C=O) groups is 1. The van der Waals surface area contributed by atoms with E-state index in [4.69, 9.17) is 16.0 Å². The molecule has 2 aromatic rings. The lowest BCUT2D eigenvalue weighted by Gasteiger charge is -2.15. The summed E-state index contributed by atoms with van der Waals surface area (Å²) >= 11 is 5.68. The smallest absolute Gasteiger partial charge is 0.274 e. The van der Waals surface area contributed by atoms with Gasteiger partial charge in [0.25, 0.3) is 5.91 Å². The molecule has 2 heterocycles. The van der Waals surface area contributed by atoms with E-state index in [1.54, 1.807) is 25.6 Å². The Morgan fingerprint density at radius 1 is 1.53 bits per heavy atom. The van der Waals surface area contributed by atoms with Crippen LogP contribution in [0.4, 0.5) is 0 Å². The fraction of sp³-hybridized carbons (Fsp3) is 0.182. The van der Waals surface area contributed by atoms with Crippen LogP contribution in [0.2, 0.25) is 5.15 Å². The van der Waals surface area contributed by atoms with Crippen molar-refractivity contribution in [3.05, 3.63) is 47.4 Å². The van der Waals surface area contributed by atoms with Crippen molar-refractivity contribution in [1.29, 1.82) is 0 Å². The molecule has 0 saturated carbocycles. The summed E-state index contributed by atoms with van der Waals surface area (Å²) in [5.74, 6) is -0.235. The standard InChI is InChI=1S/C11H10ClN3O2/c1-15(6-8-2-3-17-7-8)11(16)9-4-13-5-10(12)14-9/h2-5,7H,6H2,1H3. The van der Waals surface area contributed by atoms with Crippen molar-refractivity contribution in [1.82, 2.24) is 14.9 Å². The Morgan fingerprint density at radius 3 is 3.00 bits per heavy atom. The number of furan rings is 1. The summed E-state index contributed by atoms with van der Waals surface area (Å²) in [6.07, 6.45) is 5.93. The molecule has 0 aromatic carbocycles. The van der Waals surface area contributed by atoms with Gasteiger partial charge in [-0.15, -0.1) is 0 Å². The van der Waals surface area contributed by atoms with Gasteiger partial charge in [0.1, 0.15) is 10.8 Å². The minimum Gasteiger partial charge on any atom is -0.472 e. The highest BCUT2D eigenvalue weighted by molar-refractivity contribution is 6.29. The lowest BCUT2D eigenvalue weighted by molar-refractivity contribution is 0.0778. The van der Waals surface area contributed by atoms with Gasteiger partial charge in [0.2, 0.25) is 0 Å². The largest absolute Gasteiger partial charge is 0.472 e. The number of carbonyl (C=O) groups excluding carboxylic acids is 1. The molecule has 0 aliphatic heterocycles. The van der Waals surface area contributed by atoms with Crippen LogP contribution in [-0.2, 0) is 6.54 Å². The lowest BCUT2D eigenvalue weighted by atomic mass is 10.3. The molecule has 0 fully saturated rings. The third-order valence-electron chi connectivity index (χ3n) is 2.17. The maximum absolute atomic E-state index is 12.0. The first-order chi connectivity index (χ1) is 8.16. The van der Waals surface area contributed by atoms with Gasteiger partial charge in [0.15, 0.2) is 0 Å². The van der Waals surface area contributed by atoms with Crippen molar-refractivity contribution in [2.24, 2.45) is 0 Å². The SMILES string of the molecule is CN(Cc1ccoc1)C(=O)c1cncc(Cl)n1. The topological polar surface area (TPSA) is 59.2 Å². The van der Waals surface area contributed by atoms with Gasteiger partial charge < -0.3 is 9.32 Å². The zero-order valence-corrected chi connectivity index (χ0v) is 9.89. The summed E-state index contributed by atoms with van der Waals surface area (Å²) in [6.45, 7) is 0.448. The molecule has 0 saturated heterocycles. The first-order valence-electron chi connectivity index (χ1n) is 4.91. The van der Waals surface area contributed by atoms with E-state index in [-0.39, 0.29) is 16.8 Å². The molecule has 0 aliphatic carbocycles. The molecule has 2 aromatic heterocycles. The van der Waals surface area contributed by atoms with Crippen molar-refractivity contribution >= 4 is 17.5 Å². The molecular weight excluding hydrogens is 242 g/mol. The fourth-order valence-electron chi connectivity index (χ4n) is 1.37. The molecule has 0 bridgehead atoms. The number of amides is 1. The predicted octanol–water partition coefficient (Wildman–Crippen LogP) is 2.00. The number of aromatic nitrogens is 2. The predicted molar refractivity (Wildman–Crippen MR) is 61.5 cm³/mol. The van der Waals surface area contributed by atoms with Crippen LogP contribution < -0.4 is 0 Å². The minimum atomic E-state index is -0.235. The molecule has 1 amide bonds. The van der Waals surface area contributed by atoms with Crippen molar-refractivity contribution in [2.45, 2.75) is 6.54 Å². The lowest BCUT2D eigenvalue weighted by Crippen LogP contribution is -2.27. The van der Waals surface area contributed by atoms with Crippen LogP contribution in [0.25, 0.3) is 0 Å². The van der Waals surface area contributed by atoms with E-state index in [0.29, 0.717) is 6.54 Å². The van der Waals surface area contributed by atoms with E-state index in [0.717, 1.165) is 5.56 Å². The molecule has 6 heteroatoms. The highest BCUT2D eigenvalue weighted by atomic mass is 35.5. The molecule has 0 aliphatic rings. The van der Waals surface area contributed by atoms with E-state index in [1.165, 1.54) is 17.3 Å². The molecule has 0 spiro atoms. The van der Waals surface area contributed by atoms with Crippen LogP contribution in [-0.4, -0.2) is 27.8 Å². The number of rotatable bonds is 3. The molecule has 88 valence electrons. The van der Waals surface area contributed by atoms with Crippen molar-refractivity contribution in [3.8, 4) is 0 Å². The molecule has 0 radical (unpaired) electrons. The average molecular weight is 252 g/mol. The van der Waals surface area contributed by atoms with Crippen molar-refractivity contribution in [2.75, 3.05) is 7.05 Å². The van der Waals surface area contributed by atoms with Crippen LogP contribution >= 0.6 is 11.6 Å². The monoisotopic (exact) mass is 251 g/mol. The normalized spacial score (nSPS) is 10.2. The van der Waals surface area contributed by atoms with E-state index in [1.807, 2.05) is 0 Å². The van der Waals surface area contributed by atoms with Gasteiger partial charge in [-0.25, -0.2) is 4.98 Å². The molecule has 17 heavy (non-hydrogen) atoms. The maximum Gasteiger partial charge on any atom is 0.274 e. The Kier molecular flexibility index (Phi) is 3.39. The third kappa shape index (κ3) is 2.82. The Bertz CT molecular complexity index is 513. The molecule has 5 nitrogen and oxygen atoms in total. The summed E-state index contributed by atoms with van der Waals surface area (Å²) < 4.78 is 4.93. The van der Waals surface area contributed by atoms with Gasteiger partial charge in [-0.3, -0.25) is 9.78 Å². The van der Waals surface area contributed by atoms with Crippen LogP contribution in [0.3, 0.4) is 0 Å². The first-order valence-corrected chi connectivity index (χ1v) is 5.28. The Hall–Kier alpha value is -1.88. The second kappa shape index (κ2) is 4.97. The van der Waals surface area contributed by atoms with E-state index >= 15 is 0 Å². The van der Waals surface area contributed by atoms with Gasteiger partial charge in [0.05, 0.1) is 24.9 Å². The third-order valence-corrected chi connectivity index (χ3v) is 2.35. The summed E-state index contributed by atoms with van der Waals surface area (Å²) in [5, 5.41) is 0.201. The summed E-state index contributed by atoms with van der Waals surface area (Å²) in [5.41, 5.74) is 1.14. The molecular formula is C11H10ClN3O2. The second-order valence-electron chi connectivity index (χ2n) is 3.52. The Balaban J connectivity index is 2.09. The zero-order valence-electron chi connectivity index (χ0n) is 9.13. The van der Waals surface area contributed by atoms with Gasteiger partial charge >= 0.3 is 0 Å². The van der Waals surface area contributed by atoms with E-state index in [9.17, 15) is 4.79 Å². The van der Waals surface area contributed by atoms with Crippen LogP contribution in [0, 0.1) is 0 Å². The molecule has 0 N–H and O–H groups in total. The Morgan fingerprint density at radius 2 is 2.35 bits per heavy atom. The number of hydrogen-bond acceptors (Lipinski definition) is 4. The molecule has 2 rings (SSSR count). The fourth-order valence-corrected chi connectivity index (χ4v) is 1.52. The van der Waals surface area contributed by atoms with Crippen molar-refractivity contribution in [3.63, 3.8) is 0 Å². The highest BCUT2D eigenvalue weighted by Crippen LogP contribution is 2.08. The second-order valence-corrected chi connectivity index (χ2v) is 3.91. The molecule has 0 atom stereocenters. The van der Waals surface area contributed by atoms with Gasteiger partial charge in [-0.05, 0) is 6.07 Å². The summed E-state index contributed by atoms with van der Waals surface area (Å²) in [7, 11) is 1.68.